The van der Waals surface area contributed by atoms with Gasteiger partial charge in [-0.05, 0) is 82.2 Å². The highest BCUT2D eigenvalue weighted by Crippen LogP contribution is 2.36. The molecule has 0 saturated carbocycles. The molecule has 1 aromatic heterocycles. The number of rotatable bonds is 7. The van der Waals surface area contributed by atoms with Gasteiger partial charge in [0.15, 0.2) is 0 Å². The Morgan fingerprint density at radius 2 is 1.56 bits per heavy atom. The number of hydrogen-bond acceptors (Lipinski definition) is 5. The van der Waals surface area contributed by atoms with Crippen molar-refractivity contribution >= 4 is 56.8 Å². The molecule has 0 bridgehead atoms. The van der Waals surface area contributed by atoms with Crippen molar-refractivity contribution in [2.24, 2.45) is 0 Å². The van der Waals surface area contributed by atoms with Crippen LogP contribution in [0.15, 0.2) is 83.5 Å². The van der Waals surface area contributed by atoms with E-state index in [0.717, 1.165) is 12.1 Å². The first kappa shape index (κ1) is 31.3. The minimum atomic E-state index is -4.68. The summed E-state index contributed by atoms with van der Waals surface area (Å²) in [5.74, 6) is -1.27. The van der Waals surface area contributed by atoms with Crippen LogP contribution in [0.1, 0.15) is 21.6 Å². The third-order valence-corrected chi connectivity index (χ3v) is 6.48. The van der Waals surface area contributed by atoms with Crippen LogP contribution in [-0.2, 0) is 17.4 Å². The van der Waals surface area contributed by atoms with E-state index in [1.54, 1.807) is 6.07 Å². The number of urea groups is 1. The normalized spacial score (nSPS) is 10.9. The van der Waals surface area contributed by atoms with Gasteiger partial charge in [-0.2, -0.15) is 13.2 Å². The van der Waals surface area contributed by atoms with Crippen LogP contribution in [-0.4, -0.2) is 22.8 Å². The van der Waals surface area contributed by atoms with E-state index in [-0.39, 0.29) is 28.0 Å². The van der Waals surface area contributed by atoms with Crippen LogP contribution in [0.4, 0.5) is 33.7 Å². The van der Waals surface area contributed by atoms with Crippen LogP contribution < -0.4 is 26.2 Å². The summed E-state index contributed by atoms with van der Waals surface area (Å²) < 4.78 is 58.7. The maximum Gasteiger partial charge on any atom is 0.417 e. The van der Waals surface area contributed by atoms with Crippen LogP contribution in [0.5, 0.6) is 11.5 Å². The lowest BCUT2D eigenvalue weighted by Crippen LogP contribution is -2.42. The summed E-state index contributed by atoms with van der Waals surface area (Å²) in [5, 5.41) is 4.30. The van der Waals surface area contributed by atoms with Crippen LogP contribution in [0.3, 0.4) is 0 Å². The Labute approximate surface area is 254 Å². The number of hydrogen-bond donors (Lipinski definition) is 4. The Morgan fingerprint density at radius 1 is 0.860 bits per heavy atom. The zero-order valence-electron chi connectivity index (χ0n) is 21.6. The lowest BCUT2D eigenvalue weighted by molar-refractivity contribution is -0.137. The predicted octanol–water partition coefficient (Wildman–Crippen LogP) is 7.10. The number of nitrogens with one attached hydrogen (secondary N) is 4. The molecule has 0 aliphatic rings. The largest absolute Gasteiger partial charge is 0.457 e. The minimum absolute atomic E-state index is 0.0710. The molecule has 0 spiro atoms. The van der Waals surface area contributed by atoms with E-state index < -0.39 is 40.4 Å². The molecule has 0 radical (unpaired) electrons. The van der Waals surface area contributed by atoms with Gasteiger partial charge in [-0.3, -0.25) is 25.4 Å². The van der Waals surface area contributed by atoms with Crippen molar-refractivity contribution in [3.8, 4) is 11.5 Å². The third kappa shape index (κ3) is 8.90. The summed E-state index contributed by atoms with van der Waals surface area (Å²) in [7, 11) is 0. The van der Waals surface area contributed by atoms with Gasteiger partial charge in [0.2, 0.25) is 5.91 Å². The Morgan fingerprint density at radius 3 is 2.26 bits per heavy atom. The van der Waals surface area contributed by atoms with Crippen LogP contribution >= 0.6 is 27.5 Å². The highest BCUT2D eigenvalue weighted by Gasteiger charge is 2.33. The molecule has 0 atom stereocenters. The Bertz CT molecular complexity index is 1670. The Balaban J connectivity index is 1.29. The minimum Gasteiger partial charge on any atom is -0.457 e. The summed E-state index contributed by atoms with van der Waals surface area (Å²) in [6.45, 7) is 0. The molecule has 4 rings (SSSR count). The topological polar surface area (TPSA) is 121 Å². The van der Waals surface area contributed by atoms with Crippen molar-refractivity contribution in [3.05, 3.63) is 111 Å². The fourth-order valence-corrected chi connectivity index (χ4v) is 4.00. The van der Waals surface area contributed by atoms with Gasteiger partial charge in [0.25, 0.3) is 5.91 Å². The summed E-state index contributed by atoms with van der Waals surface area (Å²) in [6, 6.07) is 15.2. The van der Waals surface area contributed by atoms with Gasteiger partial charge in [-0.15, -0.1) is 0 Å². The fraction of sp³-hybridized carbons (Fsp3) is 0.0714. The number of alkyl halides is 3. The van der Waals surface area contributed by atoms with E-state index >= 15 is 0 Å². The number of carbonyl (C=O) groups excluding carboxylic acids is 3. The molecule has 0 fully saturated rings. The monoisotopic (exact) mass is 679 g/mol. The fourth-order valence-electron chi connectivity index (χ4n) is 3.52. The first-order chi connectivity index (χ1) is 20.4. The molecule has 4 amide bonds. The molecule has 0 aliphatic heterocycles. The maximum atomic E-state index is 13.6. The molecule has 222 valence electrons. The van der Waals surface area contributed by atoms with Gasteiger partial charge in [-0.25, -0.2) is 9.18 Å². The average molecular weight is 681 g/mol. The summed E-state index contributed by atoms with van der Waals surface area (Å²) in [4.78, 5) is 40.8. The van der Waals surface area contributed by atoms with E-state index in [0.29, 0.717) is 17.0 Å². The molecular formula is C28H19BrClF4N5O4. The summed E-state index contributed by atoms with van der Waals surface area (Å²) in [6.07, 6.45) is -3.54. The first-order valence-electron chi connectivity index (χ1n) is 12.1. The highest BCUT2D eigenvalue weighted by atomic mass is 79.9. The molecule has 15 heteroatoms. The molecule has 43 heavy (non-hydrogen) atoms. The standard InChI is InChI=1S/C28H19BrClF4N5O4/c29-21-7-1-15(11-23(21)31)12-25(40)38-39-26(41)24-14-19(9-10-35-24)43-18-5-2-16(3-6-18)36-27(42)37-17-4-8-22(30)20(13-17)28(32,33)34/h1-11,13-14H,12H2,(H,38,40)(H,39,41)(H2,36,37,42). The van der Waals surface area contributed by atoms with Crippen molar-refractivity contribution in [2.45, 2.75) is 12.6 Å². The molecule has 3 aromatic carbocycles. The van der Waals surface area contributed by atoms with Gasteiger partial charge in [-0.1, -0.05) is 17.7 Å². The quantitative estimate of drug-likeness (QED) is 0.123. The molecule has 0 unspecified atom stereocenters. The number of ether oxygens (including phenoxy) is 1. The number of pyridine rings is 1. The highest BCUT2D eigenvalue weighted by molar-refractivity contribution is 9.10. The van der Waals surface area contributed by atoms with Gasteiger partial charge in [0.1, 0.15) is 23.0 Å². The number of carbonyl (C=O) groups is 3. The number of halogens is 6. The number of benzene rings is 3. The van der Waals surface area contributed by atoms with Gasteiger partial charge in [0, 0.05) is 23.6 Å². The predicted molar refractivity (Wildman–Crippen MR) is 153 cm³/mol. The Hall–Kier alpha value is -4.69. The summed E-state index contributed by atoms with van der Waals surface area (Å²) in [5.41, 5.74) is 3.92. The van der Waals surface area contributed by atoms with Crippen molar-refractivity contribution < 1.29 is 36.7 Å². The lowest BCUT2D eigenvalue weighted by atomic mass is 10.1. The van der Waals surface area contributed by atoms with E-state index in [1.165, 1.54) is 60.8 Å². The first-order valence-corrected chi connectivity index (χ1v) is 13.3. The Kier molecular flexibility index (Phi) is 9.83. The van der Waals surface area contributed by atoms with Crippen LogP contribution in [0.25, 0.3) is 0 Å². The number of hydrazine groups is 1. The van der Waals surface area contributed by atoms with Gasteiger partial charge >= 0.3 is 12.2 Å². The molecule has 0 saturated heterocycles. The molecule has 9 nitrogen and oxygen atoms in total. The smallest absolute Gasteiger partial charge is 0.417 e. The summed E-state index contributed by atoms with van der Waals surface area (Å²) >= 11 is 8.62. The second-order valence-corrected chi connectivity index (χ2v) is 9.96. The lowest BCUT2D eigenvalue weighted by Gasteiger charge is -2.13. The van der Waals surface area contributed by atoms with Crippen molar-refractivity contribution in [2.75, 3.05) is 10.6 Å². The van der Waals surface area contributed by atoms with E-state index in [9.17, 15) is 31.9 Å². The zero-order valence-corrected chi connectivity index (χ0v) is 23.9. The molecular weight excluding hydrogens is 662 g/mol. The van der Waals surface area contributed by atoms with Gasteiger partial charge < -0.3 is 15.4 Å². The van der Waals surface area contributed by atoms with Crippen molar-refractivity contribution in [1.82, 2.24) is 15.8 Å². The third-order valence-electron chi connectivity index (χ3n) is 5.51. The molecule has 4 aromatic rings. The number of anilines is 2. The van der Waals surface area contributed by atoms with E-state index in [4.69, 9.17) is 16.3 Å². The maximum absolute atomic E-state index is 13.6. The molecule has 4 N–H and O–H groups in total. The second kappa shape index (κ2) is 13.5. The van der Waals surface area contributed by atoms with Gasteiger partial charge in [0.05, 0.1) is 21.5 Å². The second-order valence-electron chi connectivity index (χ2n) is 8.70. The SMILES string of the molecule is O=C(Cc1ccc(Br)c(F)c1)NNC(=O)c1cc(Oc2ccc(NC(=O)Nc3ccc(Cl)c(C(F)(F)F)c3)cc2)ccn1. The van der Waals surface area contributed by atoms with E-state index in [2.05, 4.69) is 42.4 Å². The van der Waals surface area contributed by atoms with Crippen molar-refractivity contribution in [3.63, 3.8) is 0 Å². The average Bonchev–Trinajstić information content (AvgIpc) is 2.95. The number of amides is 4. The number of aromatic nitrogens is 1. The number of nitrogens with zero attached hydrogens (tertiary/aromatic N) is 1. The van der Waals surface area contributed by atoms with Crippen LogP contribution in [0, 0.1) is 5.82 Å². The zero-order chi connectivity index (χ0) is 31.1. The van der Waals surface area contributed by atoms with Crippen LogP contribution in [0.2, 0.25) is 5.02 Å². The van der Waals surface area contributed by atoms with E-state index in [1.807, 2.05) is 0 Å². The molecule has 1 heterocycles. The van der Waals surface area contributed by atoms with Crippen molar-refractivity contribution in [1.29, 1.82) is 0 Å². The molecule has 0 aliphatic carbocycles.